The lowest BCUT2D eigenvalue weighted by molar-refractivity contribution is 0.0743. The molecule has 0 aromatic carbocycles. The normalized spacial score (nSPS) is 18.7. The molecular formula is C24H29N7O2. The first-order valence-electron chi connectivity index (χ1n) is 11.4. The van der Waals surface area contributed by atoms with Gasteiger partial charge in [-0.25, -0.2) is 14.8 Å². The van der Waals surface area contributed by atoms with E-state index in [0.29, 0.717) is 25.3 Å². The molecule has 3 amide bonds. The van der Waals surface area contributed by atoms with Crippen molar-refractivity contribution in [3.05, 3.63) is 60.3 Å². The molecule has 0 saturated carbocycles. The topological polar surface area (TPSA) is 77.3 Å². The summed E-state index contributed by atoms with van der Waals surface area (Å²) in [7, 11) is 3.53. The number of nitrogens with zero attached hydrogens (tertiary/aromatic N) is 7. The third-order valence-corrected chi connectivity index (χ3v) is 6.50. The van der Waals surface area contributed by atoms with E-state index < -0.39 is 0 Å². The number of anilines is 1. The molecule has 0 N–H and O–H groups in total. The summed E-state index contributed by atoms with van der Waals surface area (Å²) < 4.78 is 1.98. The second-order valence-electron chi connectivity index (χ2n) is 8.77. The summed E-state index contributed by atoms with van der Waals surface area (Å²) in [6, 6.07) is 11.5. The number of hydrogen-bond acceptors (Lipinski definition) is 5. The molecule has 9 nitrogen and oxygen atoms in total. The maximum Gasteiger partial charge on any atom is 0.320 e. The van der Waals surface area contributed by atoms with Crippen molar-refractivity contribution in [2.24, 2.45) is 0 Å². The van der Waals surface area contributed by atoms with Crippen LogP contribution in [0.5, 0.6) is 0 Å². The van der Waals surface area contributed by atoms with E-state index in [9.17, 15) is 9.59 Å². The largest absolute Gasteiger partial charge is 0.353 e. The smallest absolute Gasteiger partial charge is 0.320 e. The first-order chi connectivity index (χ1) is 16.0. The van der Waals surface area contributed by atoms with Gasteiger partial charge in [-0.3, -0.25) is 4.79 Å². The van der Waals surface area contributed by atoms with E-state index >= 15 is 0 Å². The third kappa shape index (κ3) is 3.88. The molecule has 0 aliphatic carbocycles. The minimum absolute atomic E-state index is 0.0244. The highest BCUT2D eigenvalue weighted by Crippen LogP contribution is 2.33. The van der Waals surface area contributed by atoms with Gasteiger partial charge in [0.2, 0.25) is 0 Å². The fourth-order valence-electron chi connectivity index (χ4n) is 4.80. The maximum absolute atomic E-state index is 13.5. The second-order valence-corrected chi connectivity index (χ2v) is 8.77. The van der Waals surface area contributed by atoms with Crippen LogP contribution in [0.3, 0.4) is 0 Å². The van der Waals surface area contributed by atoms with E-state index in [0.717, 1.165) is 43.1 Å². The van der Waals surface area contributed by atoms with Crippen LogP contribution in [-0.2, 0) is 0 Å². The van der Waals surface area contributed by atoms with Crippen molar-refractivity contribution in [2.45, 2.75) is 18.9 Å². The quantitative estimate of drug-likeness (QED) is 0.617. The lowest BCUT2D eigenvalue weighted by atomic mass is 10.2. The molecule has 33 heavy (non-hydrogen) atoms. The number of fused-ring (bicyclic) bond motifs is 1. The van der Waals surface area contributed by atoms with E-state index in [-0.39, 0.29) is 18.0 Å². The van der Waals surface area contributed by atoms with Crippen molar-refractivity contribution in [1.29, 1.82) is 0 Å². The maximum atomic E-state index is 13.5. The van der Waals surface area contributed by atoms with Gasteiger partial charge < -0.3 is 24.0 Å². The van der Waals surface area contributed by atoms with Crippen molar-refractivity contribution in [2.75, 3.05) is 51.7 Å². The zero-order valence-electron chi connectivity index (χ0n) is 19.1. The van der Waals surface area contributed by atoms with Crippen LogP contribution in [-0.4, -0.2) is 87.8 Å². The fourth-order valence-corrected chi connectivity index (χ4v) is 4.80. The number of urea groups is 1. The van der Waals surface area contributed by atoms with E-state index in [4.69, 9.17) is 4.98 Å². The zero-order valence-corrected chi connectivity index (χ0v) is 19.1. The Morgan fingerprint density at radius 3 is 2.52 bits per heavy atom. The molecule has 2 aliphatic rings. The molecule has 1 atom stereocenters. The SMILES string of the molecule is CN(C)C(=O)N1CCCC1c1nc(C(=O)N2CCN(c3ccccn3)CC2)c2ccccn12. The first-order valence-corrected chi connectivity index (χ1v) is 11.4. The number of carbonyl (C=O) groups is 2. The molecule has 0 radical (unpaired) electrons. The molecule has 5 heterocycles. The Hall–Kier alpha value is -3.62. The minimum Gasteiger partial charge on any atom is -0.353 e. The number of likely N-dealkylation sites (tertiary alicyclic amines) is 1. The summed E-state index contributed by atoms with van der Waals surface area (Å²) >= 11 is 0. The zero-order chi connectivity index (χ0) is 22.9. The molecule has 2 aliphatic heterocycles. The molecule has 0 spiro atoms. The Kier molecular flexibility index (Phi) is 5.62. The highest BCUT2D eigenvalue weighted by atomic mass is 16.2. The number of rotatable bonds is 3. The standard InChI is InChI=1S/C24H29N7O2/c1-27(2)24(33)31-13-7-9-19(31)22-26-21(18-8-4-6-12-30(18)22)23(32)29-16-14-28(15-17-29)20-10-3-5-11-25-20/h3-6,8,10-12,19H,7,9,13-17H2,1-2H3. The molecule has 5 rings (SSSR count). The molecule has 0 bridgehead atoms. The van der Waals surface area contributed by atoms with Crippen LogP contribution in [0.1, 0.15) is 35.2 Å². The van der Waals surface area contributed by atoms with Crippen molar-refractivity contribution < 1.29 is 9.59 Å². The average molecular weight is 448 g/mol. The Morgan fingerprint density at radius 1 is 1.00 bits per heavy atom. The number of imidazole rings is 1. The van der Waals surface area contributed by atoms with Crippen LogP contribution in [0.2, 0.25) is 0 Å². The molecule has 9 heteroatoms. The lowest BCUT2D eigenvalue weighted by Crippen LogP contribution is -2.49. The van der Waals surface area contributed by atoms with Crippen LogP contribution in [0.25, 0.3) is 5.52 Å². The van der Waals surface area contributed by atoms with Crippen LogP contribution in [0.15, 0.2) is 48.8 Å². The van der Waals surface area contributed by atoms with Gasteiger partial charge in [0.05, 0.1) is 11.6 Å². The lowest BCUT2D eigenvalue weighted by Gasteiger charge is -2.35. The van der Waals surface area contributed by atoms with Gasteiger partial charge in [0.15, 0.2) is 5.69 Å². The summed E-state index contributed by atoms with van der Waals surface area (Å²) in [5.41, 5.74) is 1.25. The van der Waals surface area contributed by atoms with Crippen LogP contribution < -0.4 is 4.90 Å². The van der Waals surface area contributed by atoms with Gasteiger partial charge >= 0.3 is 6.03 Å². The number of amides is 3. The van der Waals surface area contributed by atoms with Gasteiger partial charge in [0.1, 0.15) is 11.6 Å². The summed E-state index contributed by atoms with van der Waals surface area (Å²) in [5, 5.41) is 0. The van der Waals surface area contributed by atoms with Gasteiger partial charge in [-0.1, -0.05) is 12.1 Å². The van der Waals surface area contributed by atoms with E-state index in [1.165, 1.54) is 0 Å². The molecule has 1 unspecified atom stereocenters. The van der Waals surface area contributed by atoms with Crippen LogP contribution in [0.4, 0.5) is 10.6 Å². The molecule has 3 aromatic heterocycles. The number of pyridine rings is 2. The first kappa shape index (κ1) is 21.2. The second kappa shape index (κ2) is 8.73. The molecule has 2 saturated heterocycles. The van der Waals surface area contributed by atoms with E-state index in [1.807, 2.05) is 56.8 Å². The Bertz CT molecular complexity index is 1150. The summed E-state index contributed by atoms with van der Waals surface area (Å²) in [5.74, 6) is 1.63. The molecule has 172 valence electrons. The summed E-state index contributed by atoms with van der Waals surface area (Å²) in [6.07, 6.45) is 5.48. The fraction of sp³-hybridized carbons (Fsp3) is 0.417. The van der Waals surface area contributed by atoms with Crippen molar-refractivity contribution in [1.82, 2.24) is 29.1 Å². The average Bonchev–Trinajstić information content (AvgIpc) is 3.48. The number of aromatic nitrogens is 3. The van der Waals surface area contributed by atoms with Crippen molar-refractivity contribution in [3.8, 4) is 0 Å². The van der Waals surface area contributed by atoms with Crippen molar-refractivity contribution in [3.63, 3.8) is 0 Å². The van der Waals surface area contributed by atoms with Gasteiger partial charge in [0.25, 0.3) is 5.91 Å². The number of hydrogen-bond donors (Lipinski definition) is 0. The highest BCUT2D eigenvalue weighted by molar-refractivity contribution is 5.99. The van der Waals surface area contributed by atoms with E-state index in [1.54, 1.807) is 25.2 Å². The molecule has 2 fully saturated rings. The highest BCUT2D eigenvalue weighted by Gasteiger charge is 2.35. The number of piperazine rings is 1. The van der Waals surface area contributed by atoms with Crippen LogP contribution >= 0.6 is 0 Å². The summed E-state index contributed by atoms with van der Waals surface area (Å²) in [4.78, 5) is 43.1. The van der Waals surface area contributed by atoms with Gasteiger partial charge in [-0.05, 0) is 37.1 Å². The molecular weight excluding hydrogens is 418 g/mol. The van der Waals surface area contributed by atoms with Crippen molar-refractivity contribution >= 4 is 23.3 Å². The predicted molar refractivity (Wildman–Crippen MR) is 125 cm³/mol. The monoisotopic (exact) mass is 447 g/mol. The van der Waals surface area contributed by atoms with Gasteiger partial charge in [-0.2, -0.15) is 0 Å². The summed E-state index contributed by atoms with van der Waals surface area (Å²) in [6.45, 7) is 3.39. The Balaban J connectivity index is 1.40. The number of carbonyl (C=O) groups excluding carboxylic acids is 2. The third-order valence-electron chi connectivity index (χ3n) is 6.50. The molecule has 3 aromatic rings. The van der Waals surface area contributed by atoms with Gasteiger partial charge in [-0.15, -0.1) is 0 Å². The Labute approximate surface area is 193 Å². The van der Waals surface area contributed by atoms with Gasteiger partial charge in [0, 0.05) is 59.2 Å². The minimum atomic E-state index is -0.141. The van der Waals surface area contributed by atoms with Crippen LogP contribution in [0, 0.1) is 0 Å². The van der Waals surface area contributed by atoms with E-state index in [2.05, 4.69) is 9.88 Å². The Morgan fingerprint density at radius 2 is 1.79 bits per heavy atom. The predicted octanol–water partition coefficient (Wildman–Crippen LogP) is 2.51.